The normalized spacial score (nSPS) is 16.8. The number of thioether (sulfide) groups is 1. The Morgan fingerprint density at radius 2 is 1.85 bits per heavy atom. The SMILES string of the molecule is CCCC.CSc1cc2c(cc1OCC1(C(=O)O)CC1)SN(C)CCN2c1ccc(F)cc1. The van der Waals surface area contributed by atoms with Gasteiger partial charge in [0.1, 0.15) is 23.6 Å². The highest BCUT2D eigenvalue weighted by Gasteiger charge is 2.51. The molecular formula is C25H33FN2O3S2. The number of carboxylic acids is 1. The van der Waals surface area contributed by atoms with Gasteiger partial charge in [0.25, 0.3) is 0 Å². The first-order valence-corrected chi connectivity index (χ1v) is 13.3. The Labute approximate surface area is 204 Å². The van der Waals surface area contributed by atoms with Crippen LogP contribution in [0.25, 0.3) is 0 Å². The number of anilines is 2. The summed E-state index contributed by atoms with van der Waals surface area (Å²) in [6.45, 7) is 6.17. The van der Waals surface area contributed by atoms with Gasteiger partial charge in [0.2, 0.25) is 0 Å². The van der Waals surface area contributed by atoms with E-state index < -0.39 is 11.4 Å². The second-order valence-electron chi connectivity index (χ2n) is 8.42. The molecule has 0 atom stereocenters. The third kappa shape index (κ3) is 6.37. The minimum Gasteiger partial charge on any atom is -0.491 e. The summed E-state index contributed by atoms with van der Waals surface area (Å²) in [6.07, 6.45) is 5.95. The molecule has 2 aromatic rings. The number of nitrogens with zero attached hydrogens (tertiary/aromatic N) is 2. The van der Waals surface area contributed by atoms with Gasteiger partial charge in [-0.25, -0.2) is 8.70 Å². The van der Waals surface area contributed by atoms with Gasteiger partial charge >= 0.3 is 5.97 Å². The van der Waals surface area contributed by atoms with Gasteiger partial charge in [0, 0.05) is 18.8 Å². The lowest BCUT2D eigenvalue weighted by atomic mass is 10.1. The van der Waals surface area contributed by atoms with Gasteiger partial charge < -0.3 is 14.7 Å². The largest absolute Gasteiger partial charge is 0.491 e. The summed E-state index contributed by atoms with van der Waals surface area (Å²) in [5, 5.41) is 9.42. The highest BCUT2D eigenvalue weighted by Crippen LogP contribution is 2.48. The number of carboxylic acid groups (broad SMARTS) is 1. The van der Waals surface area contributed by atoms with Crippen LogP contribution in [0.4, 0.5) is 15.8 Å². The van der Waals surface area contributed by atoms with E-state index >= 15 is 0 Å². The van der Waals surface area contributed by atoms with Crippen LogP contribution < -0.4 is 9.64 Å². The first-order chi connectivity index (χ1) is 15.8. The molecule has 0 radical (unpaired) electrons. The Bertz CT molecular complexity index is 949. The summed E-state index contributed by atoms with van der Waals surface area (Å²) in [6, 6.07) is 10.6. The van der Waals surface area contributed by atoms with Crippen molar-refractivity contribution in [1.29, 1.82) is 0 Å². The van der Waals surface area contributed by atoms with E-state index in [1.54, 1.807) is 35.8 Å². The molecule has 33 heavy (non-hydrogen) atoms. The van der Waals surface area contributed by atoms with Crippen molar-refractivity contribution in [2.75, 3.05) is 37.9 Å². The molecule has 0 unspecified atom stereocenters. The van der Waals surface area contributed by atoms with Crippen molar-refractivity contribution in [2.45, 2.75) is 49.3 Å². The predicted octanol–water partition coefficient (Wildman–Crippen LogP) is 6.69. The number of halogens is 1. The minimum atomic E-state index is -0.783. The van der Waals surface area contributed by atoms with E-state index in [2.05, 4.69) is 29.1 Å². The summed E-state index contributed by atoms with van der Waals surface area (Å²) < 4.78 is 21.6. The van der Waals surface area contributed by atoms with Gasteiger partial charge in [-0.2, -0.15) is 0 Å². The number of likely N-dealkylation sites (N-methyl/N-ethyl adjacent to an activating group) is 1. The number of aliphatic carboxylic acids is 1. The van der Waals surface area contributed by atoms with Gasteiger partial charge in [-0.1, -0.05) is 26.7 Å². The Balaban J connectivity index is 0.000000709. The third-order valence-corrected chi connectivity index (χ3v) is 7.65. The Morgan fingerprint density at radius 3 is 2.39 bits per heavy atom. The third-order valence-electron chi connectivity index (χ3n) is 5.88. The molecular weight excluding hydrogens is 459 g/mol. The highest BCUT2D eigenvalue weighted by molar-refractivity contribution is 7.98. The summed E-state index contributed by atoms with van der Waals surface area (Å²) >= 11 is 3.21. The maximum absolute atomic E-state index is 13.4. The number of rotatable bonds is 7. The fourth-order valence-electron chi connectivity index (χ4n) is 3.34. The Hall–Kier alpha value is -1.90. The number of fused-ring (bicyclic) bond motifs is 1. The number of hydrogen-bond donors (Lipinski definition) is 1. The zero-order chi connectivity index (χ0) is 24.0. The summed E-state index contributed by atoms with van der Waals surface area (Å²) in [5.41, 5.74) is 1.25. The number of ether oxygens (including phenoxy) is 1. The van der Waals surface area contributed by atoms with Crippen LogP contribution in [0.3, 0.4) is 0 Å². The molecule has 4 rings (SSSR count). The summed E-state index contributed by atoms with van der Waals surface area (Å²) in [5.74, 6) is -0.323. The van der Waals surface area contributed by atoms with E-state index in [1.165, 1.54) is 25.0 Å². The molecule has 1 saturated carbocycles. The predicted molar refractivity (Wildman–Crippen MR) is 135 cm³/mol. The van der Waals surface area contributed by atoms with Crippen LogP contribution in [-0.4, -0.2) is 48.4 Å². The molecule has 5 nitrogen and oxygen atoms in total. The molecule has 1 N–H and O–H groups in total. The van der Waals surface area contributed by atoms with Gasteiger partial charge in [-0.15, -0.1) is 11.8 Å². The van der Waals surface area contributed by atoms with Crippen molar-refractivity contribution in [3.8, 4) is 5.75 Å². The Kier molecular flexibility index (Phi) is 8.95. The molecule has 1 aliphatic carbocycles. The van der Waals surface area contributed by atoms with Crippen LogP contribution in [-0.2, 0) is 4.79 Å². The van der Waals surface area contributed by atoms with E-state index in [1.807, 2.05) is 19.4 Å². The molecule has 0 bridgehead atoms. The van der Waals surface area contributed by atoms with E-state index in [4.69, 9.17) is 4.74 Å². The molecule has 0 aromatic heterocycles. The maximum atomic E-state index is 13.4. The topological polar surface area (TPSA) is 53.0 Å². The molecule has 1 fully saturated rings. The lowest BCUT2D eigenvalue weighted by Crippen LogP contribution is -2.24. The first-order valence-electron chi connectivity index (χ1n) is 11.3. The average molecular weight is 493 g/mol. The summed E-state index contributed by atoms with van der Waals surface area (Å²) in [4.78, 5) is 15.7. The number of unbranched alkanes of at least 4 members (excludes halogenated alkanes) is 1. The average Bonchev–Trinajstić information content (AvgIpc) is 3.62. The van der Waals surface area contributed by atoms with Crippen LogP contribution in [0, 0.1) is 11.2 Å². The van der Waals surface area contributed by atoms with E-state index in [-0.39, 0.29) is 12.4 Å². The van der Waals surface area contributed by atoms with Gasteiger partial charge in [0.05, 0.1) is 15.5 Å². The Morgan fingerprint density at radius 1 is 1.18 bits per heavy atom. The van der Waals surface area contributed by atoms with E-state index in [9.17, 15) is 14.3 Å². The monoisotopic (exact) mass is 492 g/mol. The number of carbonyl (C=O) groups is 1. The highest BCUT2D eigenvalue weighted by atomic mass is 32.2. The van der Waals surface area contributed by atoms with Gasteiger partial charge in [-0.05, 0) is 74.5 Å². The zero-order valence-electron chi connectivity index (χ0n) is 19.8. The zero-order valence-corrected chi connectivity index (χ0v) is 21.4. The van der Waals surface area contributed by atoms with Crippen molar-refractivity contribution in [3.05, 3.63) is 42.2 Å². The molecule has 8 heteroatoms. The summed E-state index contributed by atoms with van der Waals surface area (Å²) in [7, 11) is 2.04. The van der Waals surface area contributed by atoms with Crippen LogP contribution in [0.2, 0.25) is 0 Å². The minimum absolute atomic E-state index is 0.191. The molecule has 2 aliphatic rings. The fourth-order valence-corrected chi connectivity index (χ4v) is 4.82. The standard InChI is InChI=1S/C21H23FN2O3S2.C4H10/c1-23-9-10-24(15-5-3-14(22)4-6-15)16-11-19(28-2)17(12-18(16)29-23)27-13-21(7-8-21)20(25)26;1-3-4-2/h3-6,11-12H,7-10,13H2,1-2H3,(H,25,26);3-4H2,1-2H3. The van der Waals surface area contributed by atoms with Crippen LogP contribution >= 0.6 is 23.7 Å². The van der Waals surface area contributed by atoms with Crippen molar-refractivity contribution < 1.29 is 19.0 Å². The lowest BCUT2D eigenvalue weighted by Gasteiger charge is -2.26. The number of benzene rings is 2. The molecule has 180 valence electrons. The lowest BCUT2D eigenvalue weighted by molar-refractivity contribution is -0.144. The van der Waals surface area contributed by atoms with Crippen LogP contribution in [0.15, 0.2) is 46.2 Å². The quantitative estimate of drug-likeness (QED) is 0.341. The molecule has 0 spiro atoms. The van der Waals surface area contributed by atoms with Crippen molar-refractivity contribution >= 4 is 41.1 Å². The van der Waals surface area contributed by atoms with Crippen molar-refractivity contribution in [3.63, 3.8) is 0 Å². The number of hydrogen-bond acceptors (Lipinski definition) is 6. The molecule has 0 saturated heterocycles. The molecule has 2 aromatic carbocycles. The van der Waals surface area contributed by atoms with E-state index in [0.29, 0.717) is 18.6 Å². The van der Waals surface area contributed by atoms with Gasteiger partial charge in [-0.3, -0.25) is 4.79 Å². The smallest absolute Gasteiger partial charge is 0.313 e. The second kappa shape index (κ2) is 11.5. The first kappa shape index (κ1) is 25.7. The van der Waals surface area contributed by atoms with Crippen molar-refractivity contribution in [1.82, 2.24) is 4.31 Å². The van der Waals surface area contributed by atoms with Crippen LogP contribution in [0.5, 0.6) is 5.75 Å². The second-order valence-corrected chi connectivity index (χ2v) is 10.5. The van der Waals surface area contributed by atoms with Crippen molar-refractivity contribution in [2.24, 2.45) is 5.41 Å². The van der Waals surface area contributed by atoms with Gasteiger partial charge in [0.15, 0.2) is 0 Å². The van der Waals surface area contributed by atoms with E-state index in [0.717, 1.165) is 34.3 Å². The fraction of sp³-hybridized carbons (Fsp3) is 0.480. The molecule has 0 amide bonds. The molecule has 1 aliphatic heterocycles. The molecule has 1 heterocycles. The maximum Gasteiger partial charge on any atom is 0.313 e. The van der Waals surface area contributed by atoms with Crippen LogP contribution in [0.1, 0.15) is 39.5 Å².